The summed E-state index contributed by atoms with van der Waals surface area (Å²) in [5, 5.41) is 8.06. The molecule has 0 amide bonds. The third-order valence-electron chi connectivity index (χ3n) is 5.55. The minimum atomic E-state index is 0. The fourth-order valence-corrected chi connectivity index (χ4v) is 5.01. The molecule has 0 aromatic heterocycles. The maximum Gasteiger partial charge on any atom is 0.191 e. The molecule has 2 atom stereocenters. The van der Waals surface area contributed by atoms with E-state index < -0.39 is 0 Å². The predicted octanol–water partition coefficient (Wildman–Crippen LogP) is 2.94. The van der Waals surface area contributed by atoms with Gasteiger partial charge in [-0.3, -0.25) is 4.99 Å². The second kappa shape index (κ2) is 11.9. The molecular formula is C18H37IN4OS. The molecule has 1 saturated heterocycles. The first-order chi connectivity index (χ1) is 11.6. The first-order valence-corrected chi connectivity index (χ1v) is 10.5. The van der Waals surface area contributed by atoms with E-state index in [0.717, 1.165) is 43.8 Å². The minimum Gasteiger partial charge on any atom is -0.381 e. The van der Waals surface area contributed by atoms with Crippen molar-refractivity contribution in [3.8, 4) is 0 Å². The van der Waals surface area contributed by atoms with E-state index in [-0.39, 0.29) is 29.5 Å². The molecule has 0 spiro atoms. The van der Waals surface area contributed by atoms with Crippen LogP contribution >= 0.6 is 35.7 Å². The number of aliphatic imine (C=N–C) groups is 1. The van der Waals surface area contributed by atoms with E-state index in [1.165, 1.54) is 31.4 Å². The molecule has 0 aromatic carbocycles. The van der Waals surface area contributed by atoms with Crippen LogP contribution in [-0.4, -0.2) is 74.3 Å². The topological polar surface area (TPSA) is 48.9 Å². The van der Waals surface area contributed by atoms with Crippen LogP contribution in [0.1, 0.15) is 45.4 Å². The van der Waals surface area contributed by atoms with Crippen LogP contribution in [0.4, 0.5) is 0 Å². The van der Waals surface area contributed by atoms with Crippen molar-refractivity contribution in [2.45, 2.75) is 62.3 Å². The van der Waals surface area contributed by atoms with Gasteiger partial charge in [0, 0.05) is 43.6 Å². The van der Waals surface area contributed by atoms with E-state index in [0.29, 0.717) is 6.04 Å². The van der Waals surface area contributed by atoms with Gasteiger partial charge >= 0.3 is 0 Å². The molecular weight excluding hydrogens is 447 g/mol. The molecule has 1 saturated carbocycles. The average Bonchev–Trinajstić information content (AvgIpc) is 2.60. The van der Waals surface area contributed by atoms with E-state index in [2.05, 4.69) is 53.3 Å². The molecule has 1 aliphatic carbocycles. The largest absolute Gasteiger partial charge is 0.381 e. The Morgan fingerprint density at radius 3 is 2.60 bits per heavy atom. The normalized spacial score (nSPS) is 26.8. The van der Waals surface area contributed by atoms with Crippen molar-refractivity contribution in [2.75, 3.05) is 46.7 Å². The molecule has 0 aromatic rings. The Morgan fingerprint density at radius 2 is 2.00 bits per heavy atom. The summed E-state index contributed by atoms with van der Waals surface area (Å²) in [6.07, 6.45) is 7.35. The molecule has 7 heteroatoms. The number of ether oxygens (including phenoxy) is 1. The summed E-state index contributed by atoms with van der Waals surface area (Å²) in [4.78, 5) is 6.82. The Balaban J connectivity index is 0.00000312. The monoisotopic (exact) mass is 484 g/mol. The molecule has 2 rings (SSSR count). The van der Waals surface area contributed by atoms with Gasteiger partial charge in [0.25, 0.3) is 0 Å². The molecule has 0 bridgehead atoms. The van der Waals surface area contributed by atoms with Gasteiger partial charge in [-0.1, -0.05) is 13.3 Å². The number of likely N-dealkylation sites (N-methyl/N-ethyl adjacent to an activating group) is 1. The average molecular weight is 484 g/mol. The van der Waals surface area contributed by atoms with Gasteiger partial charge in [0.1, 0.15) is 0 Å². The first-order valence-electron chi connectivity index (χ1n) is 9.43. The highest BCUT2D eigenvalue weighted by Crippen LogP contribution is 2.28. The SMILES string of the molecule is CCSC1CCCC(NC(=NC)NCC2(N(C)C)CCOCC2)C1.I. The number of rotatable bonds is 6. The Morgan fingerprint density at radius 1 is 1.28 bits per heavy atom. The third-order valence-corrected chi connectivity index (χ3v) is 6.78. The summed E-state index contributed by atoms with van der Waals surface area (Å²) in [6.45, 7) is 4.88. The summed E-state index contributed by atoms with van der Waals surface area (Å²) in [5.41, 5.74) is 0.170. The molecule has 5 nitrogen and oxygen atoms in total. The lowest BCUT2D eigenvalue weighted by atomic mass is 9.88. The lowest BCUT2D eigenvalue weighted by Crippen LogP contribution is -2.57. The zero-order valence-corrected chi connectivity index (χ0v) is 19.5. The third kappa shape index (κ3) is 7.07. The Hall–Kier alpha value is 0.270. The summed E-state index contributed by atoms with van der Waals surface area (Å²) in [6, 6.07) is 0.555. The maximum atomic E-state index is 5.56. The van der Waals surface area contributed by atoms with Crippen LogP contribution in [-0.2, 0) is 4.74 Å². The van der Waals surface area contributed by atoms with Crippen molar-refractivity contribution < 1.29 is 4.74 Å². The molecule has 1 heterocycles. The summed E-state index contributed by atoms with van der Waals surface area (Å²) < 4.78 is 5.56. The van der Waals surface area contributed by atoms with Gasteiger partial charge in [0.15, 0.2) is 5.96 Å². The van der Waals surface area contributed by atoms with Crippen LogP contribution in [0.3, 0.4) is 0 Å². The Kier molecular flexibility index (Phi) is 11.1. The van der Waals surface area contributed by atoms with E-state index in [4.69, 9.17) is 4.74 Å². The highest BCUT2D eigenvalue weighted by molar-refractivity contribution is 14.0. The predicted molar refractivity (Wildman–Crippen MR) is 121 cm³/mol. The molecule has 2 unspecified atom stereocenters. The van der Waals surface area contributed by atoms with Crippen LogP contribution in [0.25, 0.3) is 0 Å². The summed E-state index contributed by atoms with van der Waals surface area (Å²) >= 11 is 2.11. The number of nitrogens with zero attached hydrogens (tertiary/aromatic N) is 2. The van der Waals surface area contributed by atoms with E-state index in [1.807, 2.05) is 7.05 Å². The zero-order valence-electron chi connectivity index (χ0n) is 16.3. The molecule has 25 heavy (non-hydrogen) atoms. The molecule has 2 aliphatic rings. The van der Waals surface area contributed by atoms with Crippen LogP contribution in [0.2, 0.25) is 0 Å². The van der Waals surface area contributed by atoms with E-state index >= 15 is 0 Å². The number of hydrogen-bond acceptors (Lipinski definition) is 4. The van der Waals surface area contributed by atoms with Crippen LogP contribution in [0, 0.1) is 0 Å². The number of nitrogens with one attached hydrogen (secondary N) is 2. The minimum absolute atomic E-state index is 0. The lowest BCUT2D eigenvalue weighted by Gasteiger charge is -2.43. The van der Waals surface area contributed by atoms with Gasteiger partial charge < -0.3 is 20.3 Å². The Bertz CT molecular complexity index is 401. The van der Waals surface area contributed by atoms with Gasteiger partial charge in [-0.2, -0.15) is 11.8 Å². The molecule has 0 radical (unpaired) electrons. The van der Waals surface area contributed by atoms with Gasteiger partial charge in [-0.25, -0.2) is 0 Å². The van der Waals surface area contributed by atoms with Crippen LogP contribution in [0.15, 0.2) is 4.99 Å². The zero-order chi connectivity index (χ0) is 17.4. The van der Waals surface area contributed by atoms with Crippen molar-refractivity contribution in [3.05, 3.63) is 0 Å². The summed E-state index contributed by atoms with van der Waals surface area (Å²) in [7, 11) is 6.23. The fraction of sp³-hybridized carbons (Fsp3) is 0.944. The molecule has 2 N–H and O–H groups in total. The Labute approximate surface area is 175 Å². The smallest absolute Gasteiger partial charge is 0.191 e. The lowest BCUT2D eigenvalue weighted by molar-refractivity contribution is -0.00503. The molecule has 1 aliphatic heterocycles. The van der Waals surface area contributed by atoms with Gasteiger partial charge in [0.2, 0.25) is 0 Å². The van der Waals surface area contributed by atoms with E-state index in [1.54, 1.807) is 0 Å². The van der Waals surface area contributed by atoms with Crippen LogP contribution < -0.4 is 10.6 Å². The van der Waals surface area contributed by atoms with E-state index in [9.17, 15) is 0 Å². The highest BCUT2D eigenvalue weighted by Gasteiger charge is 2.35. The van der Waals surface area contributed by atoms with Crippen LogP contribution in [0.5, 0.6) is 0 Å². The maximum absolute atomic E-state index is 5.56. The number of thioether (sulfide) groups is 1. The highest BCUT2D eigenvalue weighted by atomic mass is 127. The van der Waals surface area contributed by atoms with Crippen molar-refractivity contribution in [1.29, 1.82) is 0 Å². The molecule has 148 valence electrons. The van der Waals surface area contributed by atoms with Gasteiger partial charge in [-0.05, 0) is 52.0 Å². The van der Waals surface area contributed by atoms with Crippen molar-refractivity contribution >= 4 is 41.7 Å². The van der Waals surface area contributed by atoms with Crippen molar-refractivity contribution in [2.24, 2.45) is 4.99 Å². The quantitative estimate of drug-likeness (QED) is 0.345. The molecule has 2 fully saturated rings. The summed E-state index contributed by atoms with van der Waals surface area (Å²) in [5.74, 6) is 2.17. The number of hydrogen-bond donors (Lipinski definition) is 2. The standard InChI is InChI=1S/C18H36N4OS.HI/c1-5-24-16-8-6-7-15(13-16)21-17(19-2)20-14-18(22(3)4)9-11-23-12-10-18;/h15-16H,5-14H2,1-4H3,(H2,19,20,21);1H. The van der Waals surface area contributed by atoms with Crippen molar-refractivity contribution in [1.82, 2.24) is 15.5 Å². The fourth-order valence-electron chi connectivity index (χ4n) is 3.83. The van der Waals surface area contributed by atoms with Gasteiger partial charge in [0.05, 0.1) is 0 Å². The second-order valence-electron chi connectivity index (χ2n) is 7.24. The number of guanidine groups is 1. The first kappa shape index (κ1) is 23.3. The number of halogens is 1. The van der Waals surface area contributed by atoms with Gasteiger partial charge in [-0.15, -0.1) is 24.0 Å². The van der Waals surface area contributed by atoms with Crippen molar-refractivity contribution in [3.63, 3.8) is 0 Å². The second-order valence-corrected chi connectivity index (χ2v) is 8.82.